The maximum atomic E-state index is 6.75. The van der Waals surface area contributed by atoms with Gasteiger partial charge in [0, 0.05) is 26.1 Å². The fraction of sp³-hybridized carbons (Fsp3) is 0.800. The highest BCUT2D eigenvalue weighted by Gasteiger charge is 2.29. The van der Waals surface area contributed by atoms with Crippen molar-refractivity contribution in [2.45, 2.75) is 181 Å². The first-order valence-electron chi connectivity index (χ1n) is 18.4. The van der Waals surface area contributed by atoms with Crippen molar-refractivity contribution in [3.8, 4) is 0 Å². The van der Waals surface area contributed by atoms with Gasteiger partial charge in [0.15, 0.2) is 12.6 Å². The second-order valence-corrected chi connectivity index (χ2v) is 12.6. The highest BCUT2D eigenvalue weighted by Crippen LogP contribution is 2.30. The Balaban J connectivity index is 4.86. The standard InChI is InChI=1S/C40H74O3/c1-7-11-15-17-19-21-23-25-27-31-35-37(33-29-13-9-3)39(41-5)43-40(42-6)38(34-30-14-10-4)36-32-28-26-24-22-20-18-16-12-8-2/h7-8,11-12,15-16,37-40H,1-2,9-10,13-14,17-36H2,3-6H3. The molecule has 0 saturated heterocycles. The zero-order valence-corrected chi connectivity index (χ0v) is 29.4. The number of methoxy groups -OCH3 is 2. The van der Waals surface area contributed by atoms with Crippen LogP contribution in [0, 0.1) is 11.8 Å². The molecule has 4 unspecified atom stereocenters. The number of allylic oxidation sites excluding steroid dienone is 6. The Morgan fingerprint density at radius 2 is 0.791 bits per heavy atom. The predicted molar refractivity (Wildman–Crippen MR) is 190 cm³/mol. The second kappa shape index (κ2) is 33.7. The van der Waals surface area contributed by atoms with Crippen molar-refractivity contribution in [2.75, 3.05) is 14.2 Å². The summed E-state index contributed by atoms with van der Waals surface area (Å²) < 4.78 is 18.9. The summed E-state index contributed by atoms with van der Waals surface area (Å²) in [7, 11) is 3.68. The Bertz CT molecular complexity index is 586. The molecule has 4 atom stereocenters. The van der Waals surface area contributed by atoms with Gasteiger partial charge in [-0.05, 0) is 51.4 Å². The van der Waals surface area contributed by atoms with Crippen molar-refractivity contribution in [1.82, 2.24) is 0 Å². The molecule has 0 aromatic rings. The van der Waals surface area contributed by atoms with Crippen LogP contribution in [0.1, 0.15) is 168 Å². The van der Waals surface area contributed by atoms with Gasteiger partial charge in [0.2, 0.25) is 0 Å². The maximum Gasteiger partial charge on any atom is 0.163 e. The zero-order chi connectivity index (χ0) is 31.6. The van der Waals surface area contributed by atoms with E-state index in [9.17, 15) is 0 Å². The van der Waals surface area contributed by atoms with Crippen molar-refractivity contribution in [2.24, 2.45) is 11.8 Å². The van der Waals surface area contributed by atoms with E-state index < -0.39 is 0 Å². The summed E-state index contributed by atoms with van der Waals surface area (Å²) in [6, 6.07) is 0. The van der Waals surface area contributed by atoms with E-state index in [0.29, 0.717) is 11.8 Å². The van der Waals surface area contributed by atoms with Crippen LogP contribution in [0.3, 0.4) is 0 Å². The molecule has 0 N–H and O–H groups in total. The van der Waals surface area contributed by atoms with Gasteiger partial charge in [0.05, 0.1) is 0 Å². The van der Waals surface area contributed by atoms with E-state index in [4.69, 9.17) is 14.2 Å². The van der Waals surface area contributed by atoms with Crippen LogP contribution in [0.5, 0.6) is 0 Å². The van der Waals surface area contributed by atoms with Crippen molar-refractivity contribution in [1.29, 1.82) is 0 Å². The predicted octanol–water partition coefficient (Wildman–Crippen LogP) is 13.1. The molecule has 0 heterocycles. The Morgan fingerprint density at radius 3 is 1.12 bits per heavy atom. The van der Waals surface area contributed by atoms with E-state index >= 15 is 0 Å². The van der Waals surface area contributed by atoms with Crippen LogP contribution in [0.25, 0.3) is 0 Å². The molecule has 0 aromatic carbocycles. The molecular formula is C40H74O3. The van der Waals surface area contributed by atoms with Crippen LogP contribution < -0.4 is 0 Å². The minimum absolute atomic E-state index is 0.178. The molecule has 43 heavy (non-hydrogen) atoms. The Hall–Kier alpha value is -1.16. The Labute approximate surface area is 270 Å². The van der Waals surface area contributed by atoms with Crippen LogP contribution in [0.4, 0.5) is 0 Å². The van der Waals surface area contributed by atoms with Crippen molar-refractivity contribution >= 4 is 0 Å². The van der Waals surface area contributed by atoms with Crippen LogP contribution >= 0.6 is 0 Å². The molecule has 0 aromatic heterocycles. The average Bonchev–Trinajstić information content (AvgIpc) is 3.02. The van der Waals surface area contributed by atoms with E-state index in [2.05, 4.69) is 51.3 Å². The van der Waals surface area contributed by atoms with Gasteiger partial charge in [0.1, 0.15) is 0 Å². The van der Waals surface area contributed by atoms with Crippen molar-refractivity contribution in [3.63, 3.8) is 0 Å². The van der Waals surface area contributed by atoms with E-state index in [-0.39, 0.29) is 12.6 Å². The van der Waals surface area contributed by atoms with Crippen molar-refractivity contribution < 1.29 is 14.2 Å². The van der Waals surface area contributed by atoms with Crippen LogP contribution in [-0.2, 0) is 14.2 Å². The van der Waals surface area contributed by atoms with E-state index in [0.717, 1.165) is 0 Å². The summed E-state index contributed by atoms with van der Waals surface area (Å²) in [4.78, 5) is 0. The summed E-state index contributed by atoms with van der Waals surface area (Å²) in [6.45, 7) is 12.1. The Morgan fingerprint density at radius 1 is 0.465 bits per heavy atom. The summed E-state index contributed by atoms with van der Waals surface area (Å²) in [5, 5.41) is 0. The fourth-order valence-corrected chi connectivity index (χ4v) is 6.13. The lowest BCUT2D eigenvalue weighted by Gasteiger charge is -2.33. The third-order valence-corrected chi connectivity index (χ3v) is 8.80. The lowest BCUT2D eigenvalue weighted by molar-refractivity contribution is -0.266. The monoisotopic (exact) mass is 603 g/mol. The fourth-order valence-electron chi connectivity index (χ4n) is 6.13. The molecule has 0 amide bonds. The van der Waals surface area contributed by atoms with Gasteiger partial charge in [-0.3, -0.25) is 0 Å². The third kappa shape index (κ3) is 25.8. The van der Waals surface area contributed by atoms with E-state index in [1.165, 1.54) is 154 Å². The number of unbranched alkanes of at least 4 members (excludes halogenated alkanes) is 16. The molecule has 0 radical (unpaired) electrons. The van der Waals surface area contributed by atoms with Crippen LogP contribution in [0.15, 0.2) is 49.6 Å². The van der Waals surface area contributed by atoms with Crippen LogP contribution in [-0.4, -0.2) is 26.8 Å². The van der Waals surface area contributed by atoms with Gasteiger partial charge in [-0.2, -0.15) is 0 Å². The summed E-state index contributed by atoms with van der Waals surface area (Å²) in [6.07, 6.45) is 42.3. The molecule has 0 rings (SSSR count). The molecule has 3 heteroatoms. The quantitative estimate of drug-likeness (QED) is 0.0416. The largest absolute Gasteiger partial charge is 0.355 e. The molecule has 0 fully saturated rings. The first kappa shape index (κ1) is 41.8. The SMILES string of the molecule is C=CC=CCCCCCCCCC(CCCCC)C(OC)OC(OC)C(CCCCC)CCCCCCCCC=CC=C. The molecular weight excluding hydrogens is 528 g/mol. The summed E-state index contributed by atoms with van der Waals surface area (Å²) in [5.74, 6) is 0.881. The number of hydrogen-bond acceptors (Lipinski definition) is 3. The Kier molecular flexibility index (Phi) is 32.8. The summed E-state index contributed by atoms with van der Waals surface area (Å²) in [5.41, 5.74) is 0. The van der Waals surface area contributed by atoms with Gasteiger partial charge in [-0.25, -0.2) is 0 Å². The zero-order valence-electron chi connectivity index (χ0n) is 29.4. The number of rotatable bonds is 34. The normalized spacial score (nSPS) is 14.8. The highest BCUT2D eigenvalue weighted by molar-refractivity contribution is 4.97. The maximum absolute atomic E-state index is 6.75. The lowest BCUT2D eigenvalue weighted by atomic mass is 9.92. The molecule has 3 nitrogen and oxygen atoms in total. The van der Waals surface area contributed by atoms with Gasteiger partial charge < -0.3 is 14.2 Å². The molecule has 0 aliphatic heterocycles. The minimum atomic E-state index is -0.178. The number of ether oxygens (including phenoxy) is 3. The van der Waals surface area contributed by atoms with E-state index in [1.807, 2.05) is 26.4 Å². The number of hydrogen-bond donors (Lipinski definition) is 0. The first-order chi connectivity index (χ1) is 21.2. The highest BCUT2D eigenvalue weighted by atomic mass is 16.8. The third-order valence-electron chi connectivity index (χ3n) is 8.80. The molecule has 0 aliphatic carbocycles. The molecule has 0 aliphatic rings. The first-order valence-corrected chi connectivity index (χ1v) is 18.4. The molecule has 0 saturated carbocycles. The lowest BCUT2D eigenvalue weighted by Crippen LogP contribution is -2.36. The van der Waals surface area contributed by atoms with Gasteiger partial charge in [0.25, 0.3) is 0 Å². The molecule has 0 spiro atoms. The van der Waals surface area contributed by atoms with E-state index in [1.54, 1.807) is 0 Å². The topological polar surface area (TPSA) is 27.7 Å². The van der Waals surface area contributed by atoms with Gasteiger partial charge >= 0.3 is 0 Å². The van der Waals surface area contributed by atoms with Gasteiger partial charge in [-0.15, -0.1) is 0 Å². The smallest absolute Gasteiger partial charge is 0.163 e. The molecule has 0 bridgehead atoms. The van der Waals surface area contributed by atoms with Crippen LogP contribution in [0.2, 0.25) is 0 Å². The van der Waals surface area contributed by atoms with Crippen molar-refractivity contribution in [3.05, 3.63) is 49.6 Å². The van der Waals surface area contributed by atoms with Gasteiger partial charge in [-0.1, -0.05) is 166 Å². The second-order valence-electron chi connectivity index (χ2n) is 12.6. The average molecular weight is 603 g/mol. The summed E-state index contributed by atoms with van der Waals surface area (Å²) >= 11 is 0. The molecule has 252 valence electrons. The minimum Gasteiger partial charge on any atom is -0.355 e.